The van der Waals surface area contributed by atoms with Gasteiger partial charge in [0.25, 0.3) is 0 Å². The monoisotopic (exact) mass is 374 g/mol. The quantitative estimate of drug-likeness (QED) is 0.471. The first-order valence-corrected chi connectivity index (χ1v) is 8.58. The van der Waals surface area contributed by atoms with Crippen molar-refractivity contribution in [1.29, 1.82) is 0 Å². The molecule has 20 heavy (non-hydrogen) atoms. The highest BCUT2D eigenvalue weighted by atomic mass is 79.9. The van der Waals surface area contributed by atoms with Crippen molar-refractivity contribution in [3.8, 4) is 0 Å². The summed E-state index contributed by atoms with van der Waals surface area (Å²) in [7, 11) is 1.92. The molecule has 108 valence electrons. The molecule has 1 heterocycles. The summed E-state index contributed by atoms with van der Waals surface area (Å²) in [5, 5.41) is 11.3. The molecule has 0 aliphatic rings. The van der Waals surface area contributed by atoms with E-state index in [9.17, 15) is 5.11 Å². The predicted molar refractivity (Wildman–Crippen MR) is 87.5 cm³/mol. The molecule has 0 fully saturated rings. The van der Waals surface area contributed by atoms with Gasteiger partial charge in [0, 0.05) is 23.2 Å². The smallest absolute Gasteiger partial charge is 0.167 e. The van der Waals surface area contributed by atoms with Crippen molar-refractivity contribution >= 4 is 39.3 Å². The van der Waals surface area contributed by atoms with Crippen LogP contribution in [0.5, 0.6) is 0 Å². The van der Waals surface area contributed by atoms with E-state index in [1.807, 2.05) is 35.9 Å². The molecular weight excluding hydrogens is 360 g/mol. The van der Waals surface area contributed by atoms with E-state index in [1.165, 1.54) is 0 Å². The van der Waals surface area contributed by atoms with Crippen LogP contribution in [0, 0.1) is 0 Å². The number of aliphatic hydroxyl groups is 1. The minimum absolute atomic E-state index is 0.659. The van der Waals surface area contributed by atoms with Crippen LogP contribution in [-0.2, 0) is 7.05 Å². The van der Waals surface area contributed by atoms with Crippen molar-refractivity contribution < 1.29 is 5.11 Å². The number of thioether (sulfide) groups is 1. The number of benzene rings is 1. The summed E-state index contributed by atoms with van der Waals surface area (Å²) in [5.74, 6) is 1.59. The summed E-state index contributed by atoms with van der Waals surface area (Å²) in [5.41, 5.74) is 1.65. The summed E-state index contributed by atoms with van der Waals surface area (Å²) in [6.07, 6.45) is 2.02. The average Bonchev–Trinajstić information content (AvgIpc) is 2.81. The number of rotatable bonds is 6. The van der Waals surface area contributed by atoms with Crippen LogP contribution in [0.4, 0.5) is 0 Å². The fraction of sp³-hybridized carbons (Fsp3) is 0.357. The molecule has 0 aliphatic heterocycles. The number of imidazole rings is 1. The van der Waals surface area contributed by atoms with E-state index in [1.54, 1.807) is 18.0 Å². The van der Waals surface area contributed by atoms with Gasteiger partial charge in [-0.1, -0.05) is 39.8 Å². The van der Waals surface area contributed by atoms with Gasteiger partial charge in [0.05, 0.1) is 11.9 Å². The van der Waals surface area contributed by atoms with Crippen LogP contribution < -0.4 is 0 Å². The second-order valence-corrected chi connectivity index (χ2v) is 6.73. The van der Waals surface area contributed by atoms with E-state index in [-0.39, 0.29) is 0 Å². The summed E-state index contributed by atoms with van der Waals surface area (Å²) >= 11 is 10.7. The van der Waals surface area contributed by atoms with E-state index >= 15 is 0 Å². The van der Waals surface area contributed by atoms with Gasteiger partial charge >= 0.3 is 0 Å². The van der Waals surface area contributed by atoms with E-state index in [4.69, 9.17) is 11.6 Å². The number of nitrogens with zero attached hydrogens (tertiary/aromatic N) is 2. The maximum absolute atomic E-state index is 10.4. The Labute approximate surface area is 136 Å². The van der Waals surface area contributed by atoms with Gasteiger partial charge in [-0.05, 0) is 24.1 Å². The number of aromatic nitrogens is 2. The molecule has 0 radical (unpaired) electrons. The van der Waals surface area contributed by atoms with Crippen LogP contribution in [0.25, 0.3) is 0 Å². The molecule has 0 amide bonds. The topological polar surface area (TPSA) is 38.0 Å². The highest BCUT2D eigenvalue weighted by Gasteiger charge is 2.16. The molecule has 1 unspecified atom stereocenters. The Morgan fingerprint density at radius 1 is 1.40 bits per heavy atom. The first kappa shape index (κ1) is 15.9. The molecule has 1 aromatic heterocycles. The Hall–Kier alpha value is -0.490. The lowest BCUT2D eigenvalue weighted by atomic mass is 10.1. The van der Waals surface area contributed by atoms with Gasteiger partial charge in [0.15, 0.2) is 5.16 Å². The van der Waals surface area contributed by atoms with Crippen LogP contribution in [0.1, 0.15) is 23.8 Å². The first-order chi connectivity index (χ1) is 9.63. The van der Waals surface area contributed by atoms with Crippen molar-refractivity contribution in [2.24, 2.45) is 7.05 Å². The summed E-state index contributed by atoms with van der Waals surface area (Å²) in [6, 6.07) is 7.65. The van der Waals surface area contributed by atoms with Crippen LogP contribution in [0.3, 0.4) is 0 Å². The summed E-state index contributed by atoms with van der Waals surface area (Å²) in [6.45, 7) is 0. The molecule has 2 rings (SSSR count). The zero-order valence-corrected chi connectivity index (χ0v) is 14.2. The average molecular weight is 376 g/mol. The van der Waals surface area contributed by atoms with Gasteiger partial charge in [-0.15, -0.1) is 11.6 Å². The van der Waals surface area contributed by atoms with Gasteiger partial charge in [0.2, 0.25) is 0 Å². The molecule has 0 aliphatic carbocycles. The third kappa shape index (κ3) is 3.79. The maximum atomic E-state index is 10.4. The van der Waals surface area contributed by atoms with Crippen molar-refractivity contribution in [1.82, 2.24) is 9.55 Å². The fourth-order valence-electron chi connectivity index (χ4n) is 1.83. The normalized spacial score (nSPS) is 12.6. The standard InChI is InChI=1S/C14H16BrClN2OS/c1-18-12(9-17-14(18)20-8-2-7-16)13(19)10-3-5-11(15)6-4-10/h3-6,9,13,19H,2,7-8H2,1H3. The Balaban J connectivity index is 2.14. The number of alkyl halides is 1. The van der Waals surface area contributed by atoms with Gasteiger partial charge in [-0.3, -0.25) is 0 Å². The molecule has 0 bridgehead atoms. The summed E-state index contributed by atoms with van der Waals surface area (Å²) < 4.78 is 2.93. The largest absolute Gasteiger partial charge is 0.382 e. The lowest BCUT2D eigenvalue weighted by Crippen LogP contribution is -2.06. The number of aliphatic hydroxyl groups excluding tert-OH is 1. The van der Waals surface area contributed by atoms with E-state index in [0.29, 0.717) is 5.88 Å². The molecular formula is C14H16BrClN2OS. The molecule has 2 aromatic rings. The molecule has 0 spiro atoms. The van der Waals surface area contributed by atoms with Gasteiger partial charge < -0.3 is 9.67 Å². The Kier molecular flexibility index (Phi) is 5.96. The van der Waals surface area contributed by atoms with E-state index < -0.39 is 6.10 Å². The third-order valence-electron chi connectivity index (χ3n) is 2.96. The Morgan fingerprint density at radius 2 is 2.10 bits per heavy atom. The molecule has 0 saturated carbocycles. The molecule has 1 aromatic carbocycles. The predicted octanol–water partition coefficient (Wildman–Crippen LogP) is 3.99. The number of hydrogen-bond acceptors (Lipinski definition) is 3. The third-order valence-corrected chi connectivity index (χ3v) is 4.88. The summed E-state index contributed by atoms with van der Waals surface area (Å²) in [4.78, 5) is 4.37. The van der Waals surface area contributed by atoms with E-state index in [0.717, 1.165) is 33.1 Å². The zero-order chi connectivity index (χ0) is 14.5. The van der Waals surface area contributed by atoms with Crippen molar-refractivity contribution in [3.05, 3.63) is 46.2 Å². The molecule has 6 heteroatoms. The highest BCUT2D eigenvalue weighted by Crippen LogP contribution is 2.26. The minimum atomic E-state index is -0.664. The zero-order valence-electron chi connectivity index (χ0n) is 11.1. The number of halogens is 2. The SMILES string of the molecule is Cn1c(C(O)c2ccc(Br)cc2)cnc1SCCCCl. The van der Waals surface area contributed by atoms with Crippen LogP contribution in [0.2, 0.25) is 0 Å². The van der Waals surface area contributed by atoms with Crippen LogP contribution in [-0.4, -0.2) is 26.3 Å². The van der Waals surface area contributed by atoms with Crippen LogP contribution in [0.15, 0.2) is 40.1 Å². The van der Waals surface area contributed by atoms with Gasteiger partial charge in [-0.25, -0.2) is 4.98 Å². The lowest BCUT2D eigenvalue weighted by Gasteiger charge is -2.12. The second-order valence-electron chi connectivity index (χ2n) is 4.37. The van der Waals surface area contributed by atoms with Crippen molar-refractivity contribution in [3.63, 3.8) is 0 Å². The van der Waals surface area contributed by atoms with Crippen molar-refractivity contribution in [2.45, 2.75) is 17.7 Å². The van der Waals surface area contributed by atoms with Crippen molar-refractivity contribution in [2.75, 3.05) is 11.6 Å². The molecule has 0 saturated heterocycles. The molecule has 1 N–H and O–H groups in total. The van der Waals surface area contributed by atoms with Gasteiger partial charge in [-0.2, -0.15) is 0 Å². The minimum Gasteiger partial charge on any atom is -0.382 e. The van der Waals surface area contributed by atoms with Gasteiger partial charge in [0.1, 0.15) is 6.10 Å². The second kappa shape index (κ2) is 7.50. The number of hydrogen-bond donors (Lipinski definition) is 1. The molecule has 3 nitrogen and oxygen atoms in total. The maximum Gasteiger partial charge on any atom is 0.167 e. The Morgan fingerprint density at radius 3 is 2.75 bits per heavy atom. The Bertz CT molecular complexity index is 559. The van der Waals surface area contributed by atoms with E-state index in [2.05, 4.69) is 20.9 Å². The first-order valence-electron chi connectivity index (χ1n) is 6.27. The molecule has 1 atom stereocenters. The lowest BCUT2D eigenvalue weighted by molar-refractivity contribution is 0.210. The highest BCUT2D eigenvalue weighted by molar-refractivity contribution is 9.10. The van der Waals surface area contributed by atoms with Crippen LogP contribution >= 0.6 is 39.3 Å². The fourth-order valence-corrected chi connectivity index (χ4v) is 3.28.